The normalized spacial score (nSPS) is 18.5. The lowest BCUT2D eigenvalue weighted by Gasteiger charge is -2.22. The van der Waals surface area contributed by atoms with Crippen molar-refractivity contribution in [1.29, 1.82) is 0 Å². The molecule has 174 valence electrons. The largest absolute Gasteiger partial charge is 0.356 e. The summed E-state index contributed by atoms with van der Waals surface area (Å²) < 4.78 is 2.02. The highest BCUT2D eigenvalue weighted by Crippen LogP contribution is 2.17. The number of benzene rings is 1. The first-order valence-electron chi connectivity index (χ1n) is 11.7. The van der Waals surface area contributed by atoms with E-state index >= 15 is 0 Å². The topological polar surface area (TPSA) is 92.2 Å². The number of hydrogen-bond donors (Lipinski definition) is 2. The van der Waals surface area contributed by atoms with Gasteiger partial charge in [0.05, 0.1) is 17.6 Å². The Labute approximate surface area is 194 Å². The molecule has 1 saturated heterocycles. The SMILES string of the molecule is Cn1c(CNC(=O)C2CCCN(Cc3ccncc3)CCC(=O)NCC2)nc2ccccc21. The van der Waals surface area contributed by atoms with Gasteiger partial charge in [0.1, 0.15) is 5.82 Å². The van der Waals surface area contributed by atoms with Gasteiger partial charge < -0.3 is 15.2 Å². The Morgan fingerprint density at radius 3 is 2.79 bits per heavy atom. The number of aromatic nitrogens is 3. The van der Waals surface area contributed by atoms with Gasteiger partial charge in [-0.2, -0.15) is 0 Å². The first kappa shape index (κ1) is 22.9. The number of para-hydroxylation sites is 2. The van der Waals surface area contributed by atoms with Crippen LogP contribution in [0.1, 0.15) is 37.1 Å². The molecule has 1 atom stereocenters. The van der Waals surface area contributed by atoms with Crippen LogP contribution in [0.3, 0.4) is 0 Å². The fourth-order valence-corrected chi connectivity index (χ4v) is 4.38. The van der Waals surface area contributed by atoms with E-state index in [-0.39, 0.29) is 17.7 Å². The van der Waals surface area contributed by atoms with E-state index in [1.54, 1.807) is 12.4 Å². The summed E-state index contributed by atoms with van der Waals surface area (Å²) in [7, 11) is 1.97. The molecule has 0 bridgehead atoms. The van der Waals surface area contributed by atoms with Gasteiger partial charge in [-0.05, 0) is 55.6 Å². The Bertz CT molecular complexity index is 1080. The quantitative estimate of drug-likeness (QED) is 0.625. The maximum absolute atomic E-state index is 13.0. The third-order valence-corrected chi connectivity index (χ3v) is 6.32. The maximum atomic E-state index is 13.0. The molecule has 0 spiro atoms. The van der Waals surface area contributed by atoms with E-state index < -0.39 is 0 Å². The van der Waals surface area contributed by atoms with E-state index in [9.17, 15) is 9.59 Å². The number of aryl methyl sites for hydroxylation is 1. The summed E-state index contributed by atoms with van der Waals surface area (Å²) in [6, 6.07) is 12.0. The molecule has 1 aliphatic rings. The minimum absolute atomic E-state index is 0.0243. The second-order valence-electron chi connectivity index (χ2n) is 8.65. The summed E-state index contributed by atoms with van der Waals surface area (Å²) in [6.45, 7) is 3.25. The zero-order chi connectivity index (χ0) is 23.0. The number of amides is 2. The number of carbonyl (C=O) groups excluding carboxylic acids is 2. The predicted molar refractivity (Wildman–Crippen MR) is 127 cm³/mol. The molecule has 3 aromatic rings. The summed E-state index contributed by atoms with van der Waals surface area (Å²) in [5, 5.41) is 6.05. The molecular formula is C25H32N6O2. The summed E-state index contributed by atoms with van der Waals surface area (Å²) in [5.41, 5.74) is 3.15. The molecule has 2 aromatic heterocycles. The Kier molecular flexibility index (Phi) is 7.67. The lowest BCUT2D eigenvalue weighted by molar-refractivity contribution is -0.126. The van der Waals surface area contributed by atoms with Crippen LogP contribution in [0.15, 0.2) is 48.8 Å². The average molecular weight is 449 g/mol. The van der Waals surface area contributed by atoms with E-state index in [1.165, 1.54) is 5.56 Å². The number of nitrogens with one attached hydrogen (secondary N) is 2. The predicted octanol–water partition coefficient (Wildman–Crippen LogP) is 2.39. The molecule has 0 saturated carbocycles. The molecule has 0 radical (unpaired) electrons. The van der Waals surface area contributed by atoms with Crippen molar-refractivity contribution < 1.29 is 9.59 Å². The number of hydrogen-bond acceptors (Lipinski definition) is 5. The van der Waals surface area contributed by atoms with E-state index in [0.29, 0.717) is 32.5 Å². The van der Waals surface area contributed by atoms with Crippen molar-refractivity contribution in [3.8, 4) is 0 Å². The highest BCUT2D eigenvalue weighted by Gasteiger charge is 2.21. The molecule has 0 aliphatic carbocycles. The number of carbonyl (C=O) groups is 2. The van der Waals surface area contributed by atoms with Crippen molar-refractivity contribution in [2.45, 2.75) is 38.8 Å². The molecule has 1 fully saturated rings. The number of rotatable bonds is 5. The molecule has 4 rings (SSSR count). The van der Waals surface area contributed by atoms with E-state index in [2.05, 4.69) is 25.5 Å². The summed E-state index contributed by atoms with van der Waals surface area (Å²) in [5.74, 6) is 0.755. The number of imidazole rings is 1. The lowest BCUT2D eigenvalue weighted by Crippen LogP contribution is -2.34. The van der Waals surface area contributed by atoms with Crippen molar-refractivity contribution >= 4 is 22.8 Å². The molecule has 33 heavy (non-hydrogen) atoms. The lowest BCUT2D eigenvalue weighted by atomic mass is 9.98. The maximum Gasteiger partial charge on any atom is 0.223 e. The Balaban J connectivity index is 1.36. The Morgan fingerprint density at radius 1 is 1.15 bits per heavy atom. The average Bonchev–Trinajstić information content (AvgIpc) is 3.14. The highest BCUT2D eigenvalue weighted by atomic mass is 16.2. The van der Waals surface area contributed by atoms with Gasteiger partial charge in [0, 0.05) is 51.4 Å². The second-order valence-corrected chi connectivity index (χ2v) is 8.65. The number of pyridine rings is 1. The fourth-order valence-electron chi connectivity index (χ4n) is 4.38. The molecule has 1 aromatic carbocycles. The van der Waals surface area contributed by atoms with Gasteiger partial charge in [-0.15, -0.1) is 0 Å². The van der Waals surface area contributed by atoms with Crippen LogP contribution in [0.5, 0.6) is 0 Å². The Hall–Kier alpha value is -3.26. The van der Waals surface area contributed by atoms with Crippen LogP contribution in [0.25, 0.3) is 11.0 Å². The summed E-state index contributed by atoms with van der Waals surface area (Å²) in [6.07, 6.45) is 6.39. The van der Waals surface area contributed by atoms with E-state index in [4.69, 9.17) is 0 Å². The van der Waals surface area contributed by atoms with Crippen LogP contribution >= 0.6 is 0 Å². The molecule has 3 heterocycles. The summed E-state index contributed by atoms with van der Waals surface area (Å²) in [4.78, 5) is 36.3. The van der Waals surface area contributed by atoms with E-state index in [0.717, 1.165) is 42.8 Å². The van der Waals surface area contributed by atoms with Crippen molar-refractivity contribution in [3.63, 3.8) is 0 Å². The van der Waals surface area contributed by atoms with Gasteiger partial charge in [-0.1, -0.05) is 12.1 Å². The van der Waals surface area contributed by atoms with Gasteiger partial charge >= 0.3 is 0 Å². The molecule has 8 heteroatoms. The van der Waals surface area contributed by atoms with Gasteiger partial charge in [0.15, 0.2) is 0 Å². The van der Waals surface area contributed by atoms with Crippen molar-refractivity contribution in [2.75, 3.05) is 19.6 Å². The first-order valence-corrected chi connectivity index (χ1v) is 11.7. The smallest absolute Gasteiger partial charge is 0.223 e. The minimum Gasteiger partial charge on any atom is -0.356 e. The van der Waals surface area contributed by atoms with Crippen LogP contribution < -0.4 is 10.6 Å². The van der Waals surface area contributed by atoms with Gasteiger partial charge in [-0.3, -0.25) is 19.5 Å². The van der Waals surface area contributed by atoms with Crippen LogP contribution in [-0.4, -0.2) is 50.9 Å². The van der Waals surface area contributed by atoms with Crippen LogP contribution in [-0.2, 0) is 29.7 Å². The van der Waals surface area contributed by atoms with Crippen molar-refractivity contribution in [3.05, 3.63) is 60.2 Å². The van der Waals surface area contributed by atoms with Crippen molar-refractivity contribution in [2.24, 2.45) is 13.0 Å². The van der Waals surface area contributed by atoms with Crippen LogP contribution in [0, 0.1) is 5.92 Å². The molecule has 1 aliphatic heterocycles. The molecule has 2 amide bonds. The van der Waals surface area contributed by atoms with Crippen LogP contribution in [0.2, 0.25) is 0 Å². The second kappa shape index (κ2) is 11.0. The number of fused-ring (bicyclic) bond motifs is 1. The van der Waals surface area contributed by atoms with E-state index in [1.807, 2.05) is 48.0 Å². The third-order valence-electron chi connectivity index (χ3n) is 6.32. The molecule has 2 N–H and O–H groups in total. The summed E-state index contributed by atoms with van der Waals surface area (Å²) >= 11 is 0. The number of nitrogens with zero attached hydrogens (tertiary/aromatic N) is 4. The third kappa shape index (κ3) is 6.16. The van der Waals surface area contributed by atoms with Crippen LogP contribution in [0.4, 0.5) is 0 Å². The standard InChI is InChI=1S/C25H32N6O2/c1-30-22-7-3-2-6-21(22)29-23(30)17-28-25(33)20-5-4-15-31(16-11-24(32)27-14-10-20)18-19-8-12-26-13-9-19/h2-3,6-9,12-13,20H,4-5,10-11,14-18H2,1H3,(H,27,32)(H,28,33). The monoisotopic (exact) mass is 448 g/mol. The molecule has 1 unspecified atom stereocenters. The van der Waals surface area contributed by atoms with Gasteiger partial charge in [0.2, 0.25) is 11.8 Å². The zero-order valence-electron chi connectivity index (χ0n) is 19.2. The molecule has 8 nitrogen and oxygen atoms in total. The van der Waals surface area contributed by atoms with Crippen molar-refractivity contribution in [1.82, 2.24) is 30.1 Å². The fraction of sp³-hybridized carbons (Fsp3) is 0.440. The Morgan fingerprint density at radius 2 is 1.97 bits per heavy atom. The minimum atomic E-state index is -0.138. The molecular weight excluding hydrogens is 416 g/mol. The van der Waals surface area contributed by atoms with Gasteiger partial charge in [0.25, 0.3) is 0 Å². The van der Waals surface area contributed by atoms with Gasteiger partial charge in [-0.25, -0.2) is 4.98 Å². The highest BCUT2D eigenvalue weighted by molar-refractivity contribution is 5.79. The zero-order valence-corrected chi connectivity index (χ0v) is 19.2. The first-order chi connectivity index (χ1) is 16.1.